The summed E-state index contributed by atoms with van der Waals surface area (Å²) in [7, 11) is -2.42. The van der Waals surface area contributed by atoms with E-state index < -0.39 is 22.2 Å². The molecule has 1 saturated heterocycles. The van der Waals surface area contributed by atoms with E-state index in [-0.39, 0.29) is 38.0 Å². The molecular weight excluding hydrogens is 418 g/mol. The third-order valence-electron chi connectivity index (χ3n) is 5.93. The summed E-state index contributed by atoms with van der Waals surface area (Å²) in [5.74, 6) is -0.0156. The summed E-state index contributed by atoms with van der Waals surface area (Å²) in [6.45, 7) is 12.4. The number of ether oxygens (including phenoxy) is 1. The summed E-state index contributed by atoms with van der Waals surface area (Å²) in [5, 5.41) is 2.61. The quantitative estimate of drug-likeness (QED) is 0.714. The number of nitrogens with zero attached hydrogens (tertiary/aromatic N) is 2. The molecule has 2 rings (SSSR count). The minimum Gasteiger partial charge on any atom is -0.453 e. The Morgan fingerprint density at radius 2 is 1.55 bits per heavy atom. The molecule has 1 N–H and O–H groups in total. The fraction of sp³-hybridized carbons (Fsp3) is 0.636. The molecule has 1 fully saturated rings. The molecule has 0 spiro atoms. The van der Waals surface area contributed by atoms with Gasteiger partial charge in [0.1, 0.15) is 6.04 Å². The van der Waals surface area contributed by atoms with Crippen LogP contribution in [0.15, 0.2) is 11.0 Å². The Morgan fingerprint density at radius 1 is 1.03 bits per heavy atom. The highest BCUT2D eigenvalue weighted by atomic mass is 32.2. The van der Waals surface area contributed by atoms with Crippen molar-refractivity contribution in [3.63, 3.8) is 0 Å². The van der Waals surface area contributed by atoms with Gasteiger partial charge in [0.25, 0.3) is 0 Å². The number of sulfonamides is 1. The minimum atomic E-state index is -3.67. The lowest BCUT2D eigenvalue weighted by Crippen LogP contribution is -2.56. The first-order chi connectivity index (χ1) is 14.4. The maximum Gasteiger partial charge on any atom is 0.407 e. The lowest BCUT2D eigenvalue weighted by molar-refractivity contribution is -0.135. The van der Waals surface area contributed by atoms with Crippen LogP contribution in [0.5, 0.6) is 0 Å². The largest absolute Gasteiger partial charge is 0.453 e. The summed E-state index contributed by atoms with van der Waals surface area (Å²) in [5.41, 5.74) is 3.42. The van der Waals surface area contributed by atoms with E-state index in [9.17, 15) is 18.0 Å². The third-order valence-corrected chi connectivity index (χ3v) is 8.10. The van der Waals surface area contributed by atoms with E-state index in [1.54, 1.807) is 4.90 Å². The molecule has 0 saturated carbocycles. The van der Waals surface area contributed by atoms with E-state index in [0.717, 1.165) is 22.3 Å². The molecule has 1 aromatic carbocycles. The second-order valence-corrected chi connectivity index (χ2v) is 10.5. The number of carbonyl (C=O) groups excluding carboxylic acids is 2. The van der Waals surface area contributed by atoms with Crippen LogP contribution < -0.4 is 5.32 Å². The van der Waals surface area contributed by atoms with Crippen LogP contribution in [-0.2, 0) is 19.6 Å². The number of benzene rings is 1. The minimum absolute atomic E-state index is 0.197. The summed E-state index contributed by atoms with van der Waals surface area (Å²) in [6, 6.07) is 1.31. The number of hydrogen-bond donors (Lipinski definition) is 1. The molecular formula is C22H35N3O5S. The van der Waals surface area contributed by atoms with E-state index >= 15 is 0 Å². The zero-order valence-electron chi connectivity index (χ0n) is 19.6. The zero-order chi connectivity index (χ0) is 23.5. The van der Waals surface area contributed by atoms with Crippen LogP contribution in [-0.4, -0.2) is 69.0 Å². The highest BCUT2D eigenvalue weighted by Gasteiger charge is 2.35. The number of aryl methyl sites for hydroxylation is 2. The molecule has 2 amide bonds. The Hall–Kier alpha value is -2.13. The molecule has 0 aromatic heterocycles. The molecule has 9 heteroatoms. The average Bonchev–Trinajstić information content (AvgIpc) is 2.71. The van der Waals surface area contributed by atoms with Gasteiger partial charge >= 0.3 is 6.09 Å². The predicted octanol–water partition coefficient (Wildman–Crippen LogP) is 2.52. The van der Waals surface area contributed by atoms with Crippen molar-refractivity contribution < 1.29 is 22.7 Å². The zero-order valence-corrected chi connectivity index (χ0v) is 20.4. The average molecular weight is 454 g/mol. The Balaban J connectivity index is 2.18. The van der Waals surface area contributed by atoms with Crippen LogP contribution in [0, 0.1) is 33.6 Å². The highest BCUT2D eigenvalue weighted by Crippen LogP contribution is 2.29. The Labute approximate surface area is 186 Å². The maximum absolute atomic E-state index is 13.4. The van der Waals surface area contributed by atoms with Crippen molar-refractivity contribution in [2.75, 3.05) is 33.3 Å². The van der Waals surface area contributed by atoms with E-state index in [1.165, 1.54) is 11.4 Å². The summed E-state index contributed by atoms with van der Waals surface area (Å²) in [6.07, 6.45) is -0.172. The molecule has 8 nitrogen and oxygen atoms in total. The van der Waals surface area contributed by atoms with Gasteiger partial charge in [-0.05, 0) is 62.3 Å². The smallest absolute Gasteiger partial charge is 0.407 e. The SMILES string of the molecule is COC(=O)NC(CC(C)C)C(=O)N1CCN(S(=O)(=O)c2c(C)c(C)cc(C)c2C)CC1. The van der Waals surface area contributed by atoms with Crippen LogP contribution in [0.1, 0.15) is 42.5 Å². The number of alkyl carbamates (subject to hydrolysis) is 1. The van der Waals surface area contributed by atoms with Crippen LogP contribution in [0.4, 0.5) is 4.79 Å². The van der Waals surface area contributed by atoms with E-state index in [1.807, 2.05) is 47.6 Å². The highest BCUT2D eigenvalue weighted by molar-refractivity contribution is 7.89. The van der Waals surface area contributed by atoms with Gasteiger partial charge in [-0.1, -0.05) is 19.9 Å². The second kappa shape index (κ2) is 9.99. The Morgan fingerprint density at radius 3 is 2.00 bits per heavy atom. The van der Waals surface area contributed by atoms with Gasteiger partial charge in [0, 0.05) is 26.2 Å². The van der Waals surface area contributed by atoms with Gasteiger partial charge in [-0.25, -0.2) is 13.2 Å². The number of methoxy groups -OCH3 is 1. The van der Waals surface area contributed by atoms with Crippen molar-refractivity contribution in [3.8, 4) is 0 Å². The first-order valence-corrected chi connectivity index (χ1v) is 12.0. The lowest BCUT2D eigenvalue weighted by atomic mass is 10.0. The van der Waals surface area contributed by atoms with Crippen LogP contribution in [0.2, 0.25) is 0 Å². The van der Waals surface area contributed by atoms with Crippen LogP contribution in [0.25, 0.3) is 0 Å². The monoisotopic (exact) mass is 453 g/mol. The van der Waals surface area contributed by atoms with Crippen molar-refractivity contribution in [1.82, 2.24) is 14.5 Å². The number of rotatable bonds is 6. The molecule has 1 atom stereocenters. The fourth-order valence-corrected chi connectivity index (χ4v) is 5.96. The topological polar surface area (TPSA) is 96.0 Å². The van der Waals surface area contributed by atoms with Crippen molar-refractivity contribution in [3.05, 3.63) is 28.3 Å². The number of amides is 2. The fourth-order valence-electron chi connectivity index (χ4n) is 3.96. The molecule has 31 heavy (non-hydrogen) atoms. The number of nitrogens with one attached hydrogen (secondary N) is 1. The maximum atomic E-state index is 13.4. The van der Waals surface area contributed by atoms with Crippen LogP contribution >= 0.6 is 0 Å². The van der Waals surface area contributed by atoms with E-state index in [2.05, 4.69) is 10.1 Å². The summed E-state index contributed by atoms with van der Waals surface area (Å²) < 4.78 is 32.9. The van der Waals surface area contributed by atoms with Gasteiger partial charge in [0.05, 0.1) is 12.0 Å². The predicted molar refractivity (Wildman–Crippen MR) is 120 cm³/mol. The summed E-state index contributed by atoms with van der Waals surface area (Å²) >= 11 is 0. The van der Waals surface area contributed by atoms with E-state index in [0.29, 0.717) is 11.3 Å². The van der Waals surface area contributed by atoms with Gasteiger partial charge in [-0.2, -0.15) is 4.31 Å². The standard InChI is InChI=1S/C22H35N3O5S/c1-14(2)12-19(23-22(27)30-7)21(26)24-8-10-25(11-9-24)31(28,29)20-17(5)15(3)13-16(4)18(20)6/h13-14,19H,8-12H2,1-7H3,(H,23,27). The van der Waals surface area contributed by atoms with E-state index in [4.69, 9.17) is 0 Å². The van der Waals surface area contributed by atoms with Crippen molar-refractivity contribution in [2.24, 2.45) is 5.92 Å². The molecule has 1 heterocycles. The first kappa shape index (κ1) is 25.1. The number of hydrogen-bond acceptors (Lipinski definition) is 5. The Bertz CT molecular complexity index is 909. The van der Waals surface area contributed by atoms with Gasteiger partial charge in [0.2, 0.25) is 15.9 Å². The summed E-state index contributed by atoms with van der Waals surface area (Å²) in [4.78, 5) is 26.6. The lowest BCUT2D eigenvalue weighted by Gasteiger charge is -2.36. The van der Waals surface area contributed by atoms with Crippen molar-refractivity contribution >= 4 is 22.0 Å². The van der Waals surface area contributed by atoms with Gasteiger partial charge in [0.15, 0.2) is 0 Å². The second-order valence-electron chi connectivity index (χ2n) is 8.64. The Kier molecular flexibility index (Phi) is 8.10. The molecule has 174 valence electrons. The molecule has 1 unspecified atom stereocenters. The third kappa shape index (κ3) is 5.57. The van der Waals surface area contributed by atoms with Gasteiger partial charge in [-0.3, -0.25) is 4.79 Å². The van der Waals surface area contributed by atoms with Gasteiger partial charge in [-0.15, -0.1) is 0 Å². The molecule has 0 bridgehead atoms. The number of carbonyl (C=O) groups is 2. The number of piperazine rings is 1. The van der Waals surface area contributed by atoms with Crippen molar-refractivity contribution in [1.29, 1.82) is 0 Å². The molecule has 1 aliphatic rings. The van der Waals surface area contributed by atoms with Crippen LogP contribution in [0.3, 0.4) is 0 Å². The van der Waals surface area contributed by atoms with Gasteiger partial charge < -0.3 is 15.0 Å². The molecule has 1 aliphatic heterocycles. The molecule has 0 radical (unpaired) electrons. The van der Waals surface area contributed by atoms with Crippen molar-refractivity contribution in [2.45, 2.75) is 58.9 Å². The molecule has 0 aliphatic carbocycles. The molecule has 1 aromatic rings. The first-order valence-electron chi connectivity index (χ1n) is 10.6. The normalized spacial score (nSPS) is 16.3.